The monoisotopic (exact) mass is 399 g/mol. The van der Waals surface area contributed by atoms with Crippen molar-refractivity contribution in [2.45, 2.75) is 0 Å². The lowest BCUT2D eigenvalue weighted by Crippen LogP contribution is -2.21. The zero-order chi connectivity index (χ0) is 18.8. The number of anilines is 1. The van der Waals surface area contributed by atoms with Gasteiger partial charge in [0.1, 0.15) is 17.0 Å². The highest BCUT2D eigenvalue weighted by atomic mass is 35.5. The molecule has 0 radical (unpaired) electrons. The van der Waals surface area contributed by atoms with E-state index in [-0.39, 0.29) is 21.8 Å². The summed E-state index contributed by atoms with van der Waals surface area (Å²) in [4.78, 5) is 21.1. The second kappa shape index (κ2) is 7.30. The van der Waals surface area contributed by atoms with Gasteiger partial charge in [0, 0.05) is 23.0 Å². The maximum absolute atomic E-state index is 13.6. The van der Waals surface area contributed by atoms with Crippen LogP contribution in [0, 0.1) is 5.82 Å². The number of fused-ring (bicyclic) bond motifs is 1. The molecule has 0 bridgehead atoms. The molecule has 0 unspecified atom stereocenters. The van der Waals surface area contributed by atoms with Crippen molar-refractivity contribution >= 4 is 50.6 Å². The first-order valence-electron chi connectivity index (χ1n) is 7.84. The van der Waals surface area contributed by atoms with Crippen LogP contribution in [0.3, 0.4) is 0 Å². The minimum Gasteiger partial charge on any atom is -0.438 e. The molecular weight excluding hydrogens is 389 g/mol. The lowest BCUT2D eigenvalue weighted by atomic mass is 10.2. The molecule has 4 aromatic rings. The van der Waals surface area contributed by atoms with Gasteiger partial charge in [0.15, 0.2) is 5.13 Å². The minimum atomic E-state index is -0.493. The SMILES string of the molecule is O=C(Nc1nccs1)c1cc2ccccc2oc1=Nc1cc(F)ccc1Cl. The van der Waals surface area contributed by atoms with Crippen molar-refractivity contribution in [2.24, 2.45) is 4.99 Å². The first-order valence-corrected chi connectivity index (χ1v) is 9.09. The molecule has 0 spiro atoms. The largest absolute Gasteiger partial charge is 0.438 e. The Hall–Kier alpha value is -3.03. The molecule has 0 saturated heterocycles. The fraction of sp³-hybridized carbons (Fsp3) is 0. The number of para-hydroxylation sites is 1. The van der Waals surface area contributed by atoms with E-state index in [1.54, 1.807) is 29.8 Å². The molecule has 0 aliphatic carbocycles. The fourth-order valence-corrected chi connectivity index (χ4v) is 3.13. The van der Waals surface area contributed by atoms with E-state index >= 15 is 0 Å². The number of halogens is 2. The van der Waals surface area contributed by atoms with E-state index in [0.29, 0.717) is 10.7 Å². The van der Waals surface area contributed by atoms with E-state index in [0.717, 1.165) is 5.39 Å². The van der Waals surface area contributed by atoms with Gasteiger partial charge < -0.3 is 4.42 Å². The third-order valence-corrected chi connectivity index (χ3v) is 4.69. The Balaban J connectivity index is 1.90. The van der Waals surface area contributed by atoms with Crippen molar-refractivity contribution in [3.63, 3.8) is 0 Å². The van der Waals surface area contributed by atoms with Gasteiger partial charge in [0.2, 0.25) is 5.55 Å². The molecule has 0 aliphatic rings. The zero-order valence-corrected chi connectivity index (χ0v) is 15.2. The fourth-order valence-electron chi connectivity index (χ4n) is 2.45. The van der Waals surface area contributed by atoms with Crippen molar-refractivity contribution in [2.75, 3.05) is 5.32 Å². The molecule has 2 heterocycles. The average Bonchev–Trinajstić information content (AvgIpc) is 3.17. The number of rotatable bonds is 3. The van der Waals surface area contributed by atoms with Gasteiger partial charge in [0.05, 0.1) is 10.7 Å². The number of amides is 1. The summed E-state index contributed by atoms with van der Waals surface area (Å²) in [5.41, 5.74) is 0.910. The highest BCUT2D eigenvalue weighted by molar-refractivity contribution is 7.13. The maximum Gasteiger partial charge on any atom is 0.262 e. The number of hydrogen-bond acceptors (Lipinski definition) is 5. The number of carbonyl (C=O) groups is 1. The predicted octanol–water partition coefficient (Wildman–Crippen LogP) is 5.17. The molecule has 4 rings (SSSR count). The molecule has 1 amide bonds. The van der Waals surface area contributed by atoms with E-state index in [2.05, 4.69) is 15.3 Å². The summed E-state index contributed by atoms with van der Waals surface area (Å²) in [5, 5.41) is 5.86. The molecule has 2 aromatic carbocycles. The number of benzene rings is 2. The van der Waals surface area contributed by atoms with Crippen LogP contribution in [-0.4, -0.2) is 10.9 Å². The van der Waals surface area contributed by atoms with Gasteiger partial charge >= 0.3 is 0 Å². The number of nitrogens with zero attached hydrogens (tertiary/aromatic N) is 2. The van der Waals surface area contributed by atoms with Crippen LogP contribution in [0.15, 0.2) is 69.5 Å². The van der Waals surface area contributed by atoms with Crippen LogP contribution in [0.4, 0.5) is 15.2 Å². The molecule has 0 fully saturated rings. The second-order valence-electron chi connectivity index (χ2n) is 5.50. The smallest absolute Gasteiger partial charge is 0.262 e. The van der Waals surface area contributed by atoms with E-state index in [1.165, 1.54) is 29.5 Å². The number of aromatic nitrogens is 1. The van der Waals surface area contributed by atoms with Crippen molar-refractivity contribution < 1.29 is 13.6 Å². The van der Waals surface area contributed by atoms with Gasteiger partial charge in [-0.15, -0.1) is 11.3 Å². The molecule has 1 N–H and O–H groups in total. The van der Waals surface area contributed by atoms with Crippen molar-refractivity contribution in [3.05, 3.63) is 82.1 Å². The van der Waals surface area contributed by atoms with Gasteiger partial charge in [-0.3, -0.25) is 10.1 Å². The molecule has 0 atom stereocenters. The average molecular weight is 400 g/mol. The lowest BCUT2D eigenvalue weighted by molar-refractivity contribution is 0.102. The van der Waals surface area contributed by atoms with Crippen LogP contribution < -0.4 is 10.9 Å². The van der Waals surface area contributed by atoms with Crippen LogP contribution in [0.2, 0.25) is 5.02 Å². The van der Waals surface area contributed by atoms with Gasteiger partial charge in [-0.2, -0.15) is 0 Å². The topological polar surface area (TPSA) is 67.5 Å². The van der Waals surface area contributed by atoms with E-state index in [4.69, 9.17) is 16.0 Å². The van der Waals surface area contributed by atoms with Crippen LogP contribution in [0.1, 0.15) is 10.4 Å². The summed E-state index contributed by atoms with van der Waals surface area (Å²) >= 11 is 7.39. The Morgan fingerprint density at radius 2 is 2.07 bits per heavy atom. The molecule has 2 aromatic heterocycles. The molecule has 5 nitrogen and oxygen atoms in total. The van der Waals surface area contributed by atoms with Crippen LogP contribution in [0.5, 0.6) is 0 Å². The number of carbonyl (C=O) groups excluding carboxylic acids is 1. The normalized spacial score (nSPS) is 11.7. The van der Waals surface area contributed by atoms with Gasteiger partial charge in [0.25, 0.3) is 5.91 Å². The molecule has 0 aliphatic heterocycles. The minimum absolute atomic E-state index is 0.0234. The Bertz CT molecular complexity index is 1210. The molecule has 27 heavy (non-hydrogen) atoms. The summed E-state index contributed by atoms with van der Waals surface area (Å²) < 4.78 is 19.4. The summed E-state index contributed by atoms with van der Waals surface area (Å²) in [7, 11) is 0. The van der Waals surface area contributed by atoms with Crippen LogP contribution in [0.25, 0.3) is 11.0 Å². The van der Waals surface area contributed by atoms with Crippen molar-refractivity contribution in [1.29, 1.82) is 0 Å². The Morgan fingerprint density at radius 3 is 2.89 bits per heavy atom. The first-order chi connectivity index (χ1) is 13.1. The number of hydrogen-bond donors (Lipinski definition) is 1. The first kappa shape index (κ1) is 17.4. The Morgan fingerprint density at radius 1 is 1.22 bits per heavy atom. The van der Waals surface area contributed by atoms with Gasteiger partial charge in [-0.05, 0) is 24.3 Å². The molecule has 8 heteroatoms. The summed E-state index contributed by atoms with van der Waals surface area (Å²) in [6.07, 6.45) is 1.59. The maximum atomic E-state index is 13.6. The van der Waals surface area contributed by atoms with E-state index < -0.39 is 11.7 Å². The predicted molar refractivity (Wildman–Crippen MR) is 103 cm³/mol. The summed E-state index contributed by atoms with van der Waals surface area (Å²) in [5.74, 6) is -0.932. The molecular formula is C19H11ClFN3O2S. The second-order valence-corrected chi connectivity index (χ2v) is 6.80. The van der Waals surface area contributed by atoms with Crippen molar-refractivity contribution in [3.8, 4) is 0 Å². The number of nitrogens with one attached hydrogen (secondary N) is 1. The summed E-state index contributed by atoms with van der Waals surface area (Å²) in [6, 6.07) is 12.7. The molecule has 134 valence electrons. The summed E-state index contributed by atoms with van der Waals surface area (Å²) in [6.45, 7) is 0. The van der Waals surface area contributed by atoms with Gasteiger partial charge in [-0.25, -0.2) is 14.4 Å². The molecule has 0 saturated carbocycles. The third kappa shape index (κ3) is 3.74. The Kier molecular flexibility index (Phi) is 4.70. The van der Waals surface area contributed by atoms with E-state index in [1.807, 2.05) is 12.1 Å². The third-order valence-electron chi connectivity index (χ3n) is 3.68. The standard InChI is InChI=1S/C19H11ClFN3O2S/c20-14-6-5-12(21)10-15(14)23-18-13(17(25)24-19-22-7-8-27-19)9-11-3-1-2-4-16(11)26-18/h1-10H,(H,22,24,25). The van der Waals surface area contributed by atoms with Gasteiger partial charge in [-0.1, -0.05) is 29.8 Å². The Labute approximate surface area is 161 Å². The highest BCUT2D eigenvalue weighted by Gasteiger charge is 2.14. The number of thiazole rings is 1. The van der Waals surface area contributed by atoms with E-state index in [9.17, 15) is 9.18 Å². The highest BCUT2D eigenvalue weighted by Crippen LogP contribution is 2.25. The van der Waals surface area contributed by atoms with Crippen LogP contribution in [-0.2, 0) is 0 Å². The van der Waals surface area contributed by atoms with Crippen molar-refractivity contribution in [1.82, 2.24) is 4.98 Å². The van der Waals surface area contributed by atoms with Crippen LogP contribution >= 0.6 is 22.9 Å². The quantitative estimate of drug-likeness (QED) is 0.517. The zero-order valence-electron chi connectivity index (χ0n) is 13.6. The lowest BCUT2D eigenvalue weighted by Gasteiger charge is -2.05.